The van der Waals surface area contributed by atoms with Crippen LogP contribution in [0.2, 0.25) is 10.0 Å². The molecule has 0 unspecified atom stereocenters. The van der Waals surface area contributed by atoms with Crippen molar-refractivity contribution < 1.29 is 0 Å². The third kappa shape index (κ3) is 2.14. The Morgan fingerprint density at radius 2 is 2.07 bits per heavy atom. The SMILES string of the molecule is NC1(CNc2cccc(Cl)c2Cl)CC1. The van der Waals surface area contributed by atoms with Gasteiger partial charge in [0.15, 0.2) is 0 Å². The Morgan fingerprint density at radius 1 is 1.36 bits per heavy atom. The normalized spacial score (nSPS) is 17.9. The number of hydrogen-bond donors (Lipinski definition) is 2. The smallest absolute Gasteiger partial charge is 0.0823 e. The third-order valence-electron chi connectivity index (χ3n) is 2.47. The molecule has 1 fully saturated rings. The van der Waals surface area contributed by atoms with Gasteiger partial charge in [-0.1, -0.05) is 29.3 Å². The van der Waals surface area contributed by atoms with E-state index in [4.69, 9.17) is 28.9 Å². The molecule has 14 heavy (non-hydrogen) atoms. The van der Waals surface area contributed by atoms with Gasteiger partial charge < -0.3 is 11.1 Å². The first-order valence-corrected chi connectivity index (χ1v) is 5.33. The van der Waals surface area contributed by atoms with Gasteiger partial charge in [-0.2, -0.15) is 0 Å². The van der Waals surface area contributed by atoms with Crippen LogP contribution in [-0.2, 0) is 0 Å². The summed E-state index contributed by atoms with van der Waals surface area (Å²) in [4.78, 5) is 0. The monoisotopic (exact) mass is 230 g/mol. The van der Waals surface area contributed by atoms with E-state index in [2.05, 4.69) is 5.32 Å². The van der Waals surface area contributed by atoms with Gasteiger partial charge in [-0.15, -0.1) is 0 Å². The molecule has 2 rings (SSSR count). The summed E-state index contributed by atoms with van der Waals surface area (Å²) < 4.78 is 0. The highest BCUT2D eigenvalue weighted by atomic mass is 35.5. The van der Waals surface area contributed by atoms with Gasteiger partial charge in [0.2, 0.25) is 0 Å². The molecule has 3 N–H and O–H groups in total. The highest BCUT2D eigenvalue weighted by Gasteiger charge is 2.37. The van der Waals surface area contributed by atoms with Crippen molar-refractivity contribution in [1.82, 2.24) is 0 Å². The van der Waals surface area contributed by atoms with E-state index in [9.17, 15) is 0 Å². The molecule has 0 amide bonds. The second-order valence-corrected chi connectivity index (χ2v) is 4.60. The molecule has 1 aliphatic rings. The zero-order valence-electron chi connectivity index (χ0n) is 7.69. The minimum atomic E-state index is -0.0222. The lowest BCUT2D eigenvalue weighted by Gasteiger charge is -2.13. The number of nitrogens with one attached hydrogen (secondary N) is 1. The lowest BCUT2D eigenvalue weighted by atomic mass is 10.2. The van der Waals surface area contributed by atoms with E-state index in [0.29, 0.717) is 10.0 Å². The molecule has 0 radical (unpaired) electrons. The van der Waals surface area contributed by atoms with Gasteiger partial charge in [-0.25, -0.2) is 0 Å². The highest BCUT2D eigenvalue weighted by Crippen LogP contribution is 2.34. The topological polar surface area (TPSA) is 38.0 Å². The summed E-state index contributed by atoms with van der Waals surface area (Å²) in [7, 11) is 0. The van der Waals surface area contributed by atoms with Crippen LogP contribution < -0.4 is 11.1 Å². The van der Waals surface area contributed by atoms with Crippen LogP contribution in [-0.4, -0.2) is 12.1 Å². The van der Waals surface area contributed by atoms with E-state index in [1.165, 1.54) is 0 Å². The van der Waals surface area contributed by atoms with Crippen LogP contribution in [0.15, 0.2) is 18.2 Å². The summed E-state index contributed by atoms with van der Waals surface area (Å²) in [5.74, 6) is 0. The van der Waals surface area contributed by atoms with Gasteiger partial charge in [-0.05, 0) is 25.0 Å². The summed E-state index contributed by atoms with van der Waals surface area (Å²) in [5.41, 5.74) is 6.78. The van der Waals surface area contributed by atoms with E-state index in [1.54, 1.807) is 6.07 Å². The number of benzene rings is 1. The molecule has 0 spiro atoms. The minimum Gasteiger partial charge on any atom is -0.382 e. The standard InChI is InChI=1S/C10H12Cl2N2/c11-7-2-1-3-8(9(7)12)14-6-10(13)4-5-10/h1-3,14H,4-6,13H2. The Kier molecular flexibility index (Phi) is 2.60. The average Bonchev–Trinajstić information content (AvgIpc) is 2.88. The Hall–Kier alpha value is -0.440. The maximum atomic E-state index is 6.01. The lowest BCUT2D eigenvalue weighted by molar-refractivity contribution is 0.713. The molecule has 0 aliphatic heterocycles. The molecule has 4 heteroatoms. The molecule has 76 valence electrons. The first-order valence-electron chi connectivity index (χ1n) is 4.57. The zero-order valence-corrected chi connectivity index (χ0v) is 9.20. The molecule has 1 aromatic rings. The molecule has 0 aromatic heterocycles. The van der Waals surface area contributed by atoms with Gasteiger partial charge in [0, 0.05) is 12.1 Å². The van der Waals surface area contributed by atoms with Crippen molar-refractivity contribution in [3.8, 4) is 0 Å². The maximum Gasteiger partial charge on any atom is 0.0823 e. The van der Waals surface area contributed by atoms with E-state index in [0.717, 1.165) is 25.1 Å². The van der Waals surface area contributed by atoms with E-state index < -0.39 is 0 Å². The molecular weight excluding hydrogens is 219 g/mol. The first-order chi connectivity index (χ1) is 6.61. The van der Waals surface area contributed by atoms with Gasteiger partial charge >= 0.3 is 0 Å². The quantitative estimate of drug-likeness (QED) is 0.839. The van der Waals surface area contributed by atoms with Crippen LogP contribution in [0.1, 0.15) is 12.8 Å². The van der Waals surface area contributed by atoms with Crippen LogP contribution in [0.5, 0.6) is 0 Å². The number of nitrogens with two attached hydrogens (primary N) is 1. The molecule has 0 bridgehead atoms. The van der Waals surface area contributed by atoms with E-state index in [-0.39, 0.29) is 5.54 Å². The van der Waals surface area contributed by atoms with Gasteiger partial charge in [-0.3, -0.25) is 0 Å². The van der Waals surface area contributed by atoms with Crippen molar-refractivity contribution in [2.24, 2.45) is 5.73 Å². The van der Waals surface area contributed by atoms with Crippen molar-refractivity contribution in [3.05, 3.63) is 28.2 Å². The number of halogens is 2. The summed E-state index contributed by atoms with van der Waals surface area (Å²) in [6.45, 7) is 0.757. The van der Waals surface area contributed by atoms with Crippen LogP contribution in [0.3, 0.4) is 0 Å². The average molecular weight is 231 g/mol. The second kappa shape index (κ2) is 3.61. The van der Waals surface area contributed by atoms with Crippen molar-refractivity contribution in [1.29, 1.82) is 0 Å². The van der Waals surface area contributed by atoms with E-state index in [1.807, 2.05) is 12.1 Å². The fourth-order valence-corrected chi connectivity index (χ4v) is 1.62. The maximum absolute atomic E-state index is 6.01. The molecular formula is C10H12Cl2N2. The van der Waals surface area contributed by atoms with Crippen LogP contribution in [0, 0.1) is 0 Å². The van der Waals surface area contributed by atoms with Gasteiger partial charge in [0.05, 0.1) is 15.7 Å². The lowest BCUT2D eigenvalue weighted by Crippen LogP contribution is -2.31. The summed E-state index contributed by atoms with van der Waals surface area (Å²) in [5, 5.41) is 4.35. The fourth-order valence-electron chi connectivity index (χ4n) is 1.25. The molecule has 0 saturated heterocycles. The summed E-state index contributed by atoms with van der Waals surface area (Å²) >= 11 is 11.9. The van der Waals surface area contributed by atoms with Crippen LogP contribution >= 0.6 is 23.2 Å². The molecule has 0 atom stereocenters. The van der Waals surface area contributed by atoms with Gasteiger partial charge in [0.25, 0.3) is 0 Å². The summed E-state index contributed by atoms with van der Waals surface area (Å²) in [6, 6.07) is 5.54. The Morgan fingerprint density at radius 3 is 2.71 bits per heavy atom. The number of rotatable bonds is 3. The fraction of sp³-hybridized carbons (Fsp3) is 0.400. The largest absolute Gasteiger partial charge is 0.382 e. The van der Waals surface area contributed by atoms with Crippen LogP contribution in [0.25, 0.3) is 0 Å². The van der Waals surface area contributed by atoms with Crippen molar-refractivity contribution in [2.45, 2.75) is 18.4 Å². The first kappa shape index (κ1) is 10.1. The Labute approximate surface area is 93.4 Å². The Bertz CT molecular complexity index is 348. The van der Waals surface area contributed by atoms with Crippen LogP contribution in [0.4, 0.5) is 5.69 Å². The minimum absolute atomic E-state index is 0.0222. The second-order valence-electron chi connectivity index (χ2n) is 3.82. The number of hydrogen-bond acceptors (Lipinski definition) is 2. The van der Waals surface area contributed by atoms with Gasteiger partial charge in [0.1, 0.15) is 0 Å². The predicted molar refractivity (Wildman–Crippen MR) is 61.1 cm³/mol. The van der Waals surface area contributed by atoms with Crippen molar-refractivity contribution in [3.63, 3.8) is 0 Å². The summed E-state index contributed by atoms with van der Waals surface area (Å²) in [6.07, 6.45) is 2.16. The molecule has 1 aliphatic carbocycles. The zero-order chi connectivity index (χ0) is 10.2. The molecule has 1 aromatic carbocycles. The molecule has 0 heterocycles. The molecule has 1 saturated carbocycles. The number of anilines is 1. The van der Waals surface area contributed by atoms with Crippen molar-refractivity contribution in [2.75, 3.05) is 11.9 Å². The van der Waals surface area contributed by atoms with Crippen molar-refractivity contribution >= 4 is 28.9 Å². The molecule has 2 nitrogen and oxygen atoms in total. The third-order valence-corrected chi connectivity index (χ3v) is 3.29. The predicted octanol–water partition coefficient (Wildman–Crippen LogP) is 2.90. The van der Waals surface area contributed by atoms with E-state index >= 15 is 0 Å². The Balaban J connectivity index is 2.05. The highest BCUT2D eigenvalue weighted by molar-refractivity contribution is 6.43.